The summed E-state index contributed by atoms with van der Waals surface area (Å²) in [5.74, 6) is 0.447. The summed E-state index contributed by atoms with van der Waals surface area (Å²) in [6.07, 6.45) is 0. The number of hydrogen-bond acceptors (Lipinski definition) is 5. The summed E-state index contributed by atoms with van der Waals surface area (Å²) in [6.45, 7) is 2.31. The smallest absolute Gasteiger partial charge is 0.217 e. The van der Waals surface area contributed by atoms with E-state index in [1.54, 1.807) is 0 Å². The van der Waals surface area contributed by atoms with E-state index < -0.39 is 0 Å². The Morgan fingerprint density at radius 2 is 2.31 bits per heavy atom. The predicted molar refractivity (Wildman–Crippen MR) is 48.9 cm³/mol. The Bertz CT molecular complexity index is 333. The van der Waals surface area contributed by atoms with Crippen molar-refractivity contribution in [3.63, 3.8) is 0 Å². The van der Waals surface area contributed by atoms with Gasteiger partial charge in [0.15, 0.2) is 0 Å². The summed E-state index contributed by atoms with van der Waals surface area (Å²) < 4.78 is 5.09. The number of nitrogen functional groups attached to an aromatic ring is 2. The average Bonchev–Trinajstić information content (AvgIpc) is 2.04. The van der Waals surface area contributed by atoms with Gasteiger partial charge in [0.25, 0.3) is 0 Å². The highest BCUT2D eigenvalue weighted by molar-refractivity contribution is 5.65. The molecule has 13 heavy (non-hydrogen) atoms. The number of rotatable bonds is 2. The van der Waals surface area contributed by atoms with Gasteiger partial charge in [0.05, 0.1) is 12.3 Å². The van der Waals surface area contributed by atoms with Gasteiger partial charge in [0.1, 0.15) is 17.5 Å². The SMILES string of the molecule is CCOc1cc(N)c(C#N)c(N)n1. The van der Waals surface area contributed by atoms with Crippen LogP contribution in [0.2, 0.25) is 0 Å². The molecular weight excluding hydrogens is 168 g/mol. The minimum Gasteiger partial charge on any atom is -0.478 e. The van der Waals surface area contributed by atoms with Crippen LogP contribution in [-0.2, 0) is 0 Å². The molecule has 0 aromatic carbocycles. The second-order valence-electron chi connectivity index (χ2n) is 2.35. The van der Waals surface area contributed by atoms with Gasteiger partial charge in [-0.1, -0.05) is 0 Å². The molecule has 1 aromatic heterocycles. The summed E-state index contributed by atoms with van der Waals surface area (Å²) >= 11 is 0. The third kappa shape index (κ3) is 1.79. The largest absolute Gasteiger partial charge is 0.478 e. The van der Waals surface area contributed by atoms with Crippen molar-refractivity contribution >= 4 is 11.5 Å². The first kappa shape index (κ1) is 9.13. The van der Waals surface area contributed by atoms with Crippen molar-refractivity contribution in [3.8, 4) is 11.9 Å². The number of aromatic nitrogens is 1. The Morgan fingerprint density at radius 1 is 1.62 bits per heavy atom. The van der Waals surface area contributed by atoms with Crippen molar-refractivity contribution in [1.29, 1.82) is 5.26 Å². The molecule has 5 nitrogen and oxygen atoms in total. The minimum absolute atomic E-state index is 0.103. The molecule has 0 bridgehead atoms. The second-order valence-corrected chi connectivity index (χ2v) is 2.35. The molecular formula is C8H10N4O. The van der Waals surface area contributed by atoms with Gasteiger partial charge in [-0.3, -0.25) is 0 Å². The van der Waals surface area contributed by atoms with E-state index in [-0.39, 0.29) is 11.4 Å². The van der Waals surface area contributed by atoms with E-state index in [1.807, 2.05) is 13.0 Å². The van der Waals surface area contributed by atoms with Gasteiger partial charge in [-0.25, -0.2) is 0 Å². The van der Waals surface area contributed by atoms with Crippen LogP contribution in [0, 0.1) is 11.3 Å². The molecule has 0 fully saturated rings. The summed E-state index contributed by atoms with van der Waals surface area (Å²) in [7, 11) is 0. The molecule has 5 heteroatoms. The monoisotopic (exact) mass is 178 g/mol. The number of ether oxygens (including phenoxy) is 1. The highest BCUT2D eigenvalue weighted by Crippen LogP contribution is 2.21. The number of nitriles is 1. The third-order valence-corrected chi connectivity index (χ3v) is 1.46. The Kier molecular flexibility index (Phi) is 2.55. The van der Waals surface area contributed by atoms with Crippen LogP contribution < -0.4 is 16.2 Å². The number of pyridine rings is 1. The van der Waals surface area contributed by atoms with Gasteiger partial charge < -0.3 is 16.2 Å². The van der Waals surface area contributed by atoms with E-state index >= 15 is 0 Å². The van der Waals surface area contributed by atoms with E-state index in [9.17, 15) is 0 Å². The van der Waals surface area contributed by atoms with Gasteiger partial charge >= 0.3 is 0 Å². The molecule has 0 amide bonds. The Balaban J connectivity index is 3.14. The summed E-state index contributed by atoms with van der Waals surface area (Å²) in [6, 6.07) is 3.35. The number of nitrogens with two attached hydrogens (primary N) is 2. The van der Waals surface area contributed by atoms with Crippen LogP contribution in [-0.4, -0.2) is 11.6 Å². The molecule has 1 aromatic rings. The standard InChI is InChI=1S/C8H10N4O/c1-2-13-7-3-6(10)5(4-9)8(11)12-7/h3H,2H2,1H3,(H4,10,11,12). The van der Waals surface area contributed by atoms with Gasteiger partial charge in [-0.15, -0.1) is 0 Å². The fourth-order valence-electron chi connectivity index (χ4n) is 0.904. The van der Waals surface area contributed by atoms with E-state index in [2.05, 4.69) is 4.98 Å². The van der Waals surface area contributed by atoms with Crippen molar-refractivity contribution in [2.45, 2.75) is 6.92 Å². The molecule has 0 saturated carbocycles. The maximum absolute atomic E-state index is 8.63. The molecule has 0 saturated heterocycles. The number of hydrogen-bond donors (Lipinski definition) is 2. The van der Waals surface area contributed by atoms with Crippen molar-refractivity contribution in [1.82, 2.24) is 4.98 Å². The molecule has 1 heterocycles. The Hall–Kier alpha value is -1.96. The lowest BCUT2D eigenvalue weighted by Gasteiger charge is -2.05. The predicted octanol–water partition coefficient (Wildman–Crippen LogP) is 0.516. The van der Waals surface area contributed by atoms with Crippen LogP contribution in [0.3, 0.4) is 0 Å². The average molecular weight is 178 g/mol. The van der Waals surface area contributed by atoms with Crippen LogP contribution in [0.4, 0.5) is 11.5 Å². The zero-order chi connectivity index (χ0) is 9.84. The lowest BCUT2D eigenvalue weighted by molar-refractivity contribution is 0.327. The minimum atomic E-state index is 0.103. The van der Waals surface area contributed by atoms with Gasteiger partial charge in [0.2, 0.25) is 5.88 Å². The molecule has 0 spiro atoms. The quantitative estimate of drug-likeness (QED) is 0.687. The zero-order valence-electron chi connectivity index (χ0n) is 7.24. The van der Waals surface area contributed by atoms with Crippen LogP contribution in [0.25, 0.3) is 0 Å². The fourth-order valence-corrected chi connectivity index (χ4v) is 0.904. The van der Waals surface area contributed by atoms with E-state index in [0.29, 0.717) is 18.2 Å². The lowest BCUT2D eigenvalue weighted by Crippen LogP contribution is -2.03. The molecule has 0 aliphatic rings. The molecule has 0 aliphatic carbocycles. The Morgan fingerprint density at radius 3 is 2.77 bits per heavy atom. The van der Waals surface area contributed by atoms with Crippen molar-refractivity contribution in [2.24, 2.45) is 0 Å². The van der Waals surface area contributed by atoms with Gasteiger partial charge in [-0.2, -0.15) is 10.2 Å². The number of nitrogens with zero attached hydrogens (tertiary/aromatic N) is 2. The highest BCUT2D eigenvalue weighted by atomic mass is 16.5. The summed E-state index contributed by atoms with van der Waals surface area (Å²) in [5, 5.41) is 8.63. The molecule has 0 unspecified atom stereocenters. The molecule has 0 aliphatic heterocycles. The fraction of sp³-hybridized carbons (Fsp3) is 0.250. The molecule has 1 rings (SSSR count). The normalized spacial score (nSPS) is 9.23. The summed E-state index contributed by atoms with van der Waals surface area (Å²) in [5.41, 5.74) is 11.5. The Labute approximate surface area is 75.9 Å². The first-order valence-electron chi connectivity index (χ1n) is 3.78. The van der Waals surface area contributed by atoms with E-state index in [4.69, 9.17) is 21.5 Å². The van der Waals surface area contributed by atoms with Crippen molar-refractivity contribution in [3.05, 3.63) is 11.6 Å². The molecule has 4 N–H and O–H groups in total. The highest BCUT2D eigenvalue weighted by Gasteiger charge is 2.07. The van der Waals surface area contributed by atoms with Crippen LogP contribution >= 0.6 is 0 Å². The summed E-state index contributed by atoms with van der Waals surface area (Å²) in [4.78, 5) is 3.85. The zero-order valence-corrected chi connectivity index (χ0v) is 7.24. The van der Waals surface area contributed by atoms with E-state index in [0.717, 1.165) is 0 Å². The first-order chi connectivity index (χ1) is 6.19. The van der Waals surface area contributed by atoms with Crippen LogP contribution in [0.1, 0.15) is 12.5 Å². The third-order valence-electron chi connectivity index (χ3n) is 1.46. The lowest BCUT2D eigenvalue weighted by atomic mass is 10.2. The topological polar surface area (TPSA) is 98.0 Å². The molecule has 0 atom stereocenters. The maximum atomic E-state index is 8.63. The van der Waals surface area contributed by atoms with Gasteiger partial charge in [-0.05, 0) is 6.92 Å². The van der Waals surface area contributed by atoms with E-state index in [1.165, 1.54) is 6.07 Å². The number of anilines is 2. The molecule has 0 radical (unpaired) electrons. The molecule has 68 valence electrons. The van der Waals surface area contributed by atoms with Crippen LogP contribution in [0.15, 0.2) is 6.07 Å². The maximum Gasteiger partial charge on any atom is 0.217 e. The van der Waals surface area contributed by atoms with Gasteiger partial charge in [0, 0.05) is 6.07 Å². The first-order valence-corrected chi connectivity index (χ1v) is 3.78. The second kappa shape index (κ2) is 3.63. The van der Waals surface area contributed by atoms with Crippen LogP contribution in [0.5, 0.6) is 5.88 Å². The van der Waals surface area contributed by atoms with Crippen molar-refractivity contribution in [2.75, 3.05) is 18.1 Å². The van der Waals surface area contributed by atoms with Crippen molar-refractivity contribution < 1.29 is 4.74 Å².